The number of aromatic nitrogens is 1. The van der Waals surface area contributed by atoms with Gasteiger partial charge in [0.25, 0.3) is 0 Å². The second-order valence-electron chi connectivity index (χ2n) is 12.4. The molecule has 2 N–H and O–H groups in total. The number of aryl methyl sites for hydroxylation is 1. The van der Waals surface area contributed by atoms with E-state index in [1.807, 2.05) is 64.2 Å². The van der Waals surface area contributed by atoms with Gasteiger partial charge in [-0.15, -0.1) is 0 Å². The Morgan fingerprint density at radius 3 is 2.67 bits per heavy atom. The summed E-state index contributed by atoms with van der Waals surface area (Å²) >= 11 is 0. The van der Waals surface area contributed by atoms with Crippen molar-refractivity contribution in [3.63, 3.8) is 0 Å². The molecule has 0 aliphatic carbocycles. The van der Waals surface area contributed by atoms with E-state index in [1.54, 1.807) is 26.2 Å². The summed E-state index contributed by atoms with van der Waals surface area (Å²) in [5.74, 6) is -0.667. The Morgan fingerprint density at radius 1 is 1.19 bits per heavy atom. The molecule has 1 aromatic rings. The lowest BCUT2D eigenvalue weighted by atomic mass is 9.85. The van der Waals surface area contributed by atoms with Gasteiger partial charge in [-0.05, 0) is 56.8 Å². The number of carbonyl (C=O) groups is 2. The van der Waals surface area contributed by atoms with E-state index in [9.17, 15) is 19.8 Å². The maximum absolute atomic E-state index is 12.9. The third-order valence-corrected chi connectivity index (χ3v) is 8.76. The molecular weight excluding hydrogens is 550 g/mol. The predicted molar refractivity (Wildman–Crippen MR) is 161 cm³/mol. The number of oxazole rings is 1. The van der Waals surface area contributed by atoms with Gasteiger partial charge < -0.3 is 28.8 Å². The lowest BCUT2D eigenvalue weighted by Crippen LogP contribution is -2.40. The smallest absolute Gasteiger partial charge is 0.330 e. The zero-order valence-electron chi connectivity index (χ0n) is 25.9. The average Bonchev–Trinajstić information content (AvgIpc) is 3.46. The highest BCUT2D eigenvalue weighted by Gasteiger charge is 2.57. The van der Waals surface area contributed by atoms with Crippen LogP contribution in [0.2, 0.25) is 0 Å². The van der Waals surface area contributed by atoms with E-state index in [1.165, 1.54) is 6.08 Å². The number of hydrogen-bond donors (Lipinski definition) is 2. The van der Waals surface area contributed by atoms with Gasteiger partial charge >= 0.3 is 11.9 Å². The molecule has 1 unspecified atom stereocenters. The summed E-state index contributed by atoms with van der Waals surface area (Å²) in [5.41, 5.74) is 1.51. The Hall–Kier alpha value is -3.27. The van der Waals surface area contributed by atoms with Gasteiger partial charge in [0.2, 0.25) is 0 Å². The number of esters is 2. The summed E-state index contributed by atoms with van der Waals surface area (Å²) in [5, 5.41) is 22.4. The van der Waals surface area contributed by atoms with Crippen LogP contribution in [0.15, 0.2) is 64.4 Å². The zero-order valence-corrected chi connectivity index (χ0v) is 25.9. The number of ether oxygens (including phenoxy) is 3. The zero-order chi connectivity index (χ0) is 31.3. The molecule has 4 rings (SSSR count). The van der Waals surface area contributed by atoms with Crippen molar-refractivity contribution in [1.29, 1.82) is 0 Å². The first kappa shape index (κ1) is 32.6. The first-order chi connectivity index (χ1) is 20.4. The van der Waals surface area contributed by atoms with Crippen molar-refractivity contribution in [2.45, 2.75) is 103 Å². The van der Waals surface area contributed by atoms with Gasteiger partial charge in [0.1, 0.15) is 35.9 Å². The Labute approximate surface area is 254 Å². The van der Waals surface area contributed by atoms with Gasteiger partial charge in [0.05, 0.1) is 12.2 Å². The number of fused-ring (bicyclic) bond motifs is 3. The first-order valence-electron chi connectivity index (χ1n) is 15.1. The molecule has 3 aliphatic heterocycles. The minimum Gasteiger partial charge on any atom is -0.462 e. The quantitative estimate of drug-likeness (QED) is 0.198. The van der Waals surface area contributed by atoms with Gasteiger partial charge in [-0.3, -0.25) is 4.79 Å². The number of nitrogens with zero attached hydrogens (tertiary/aromatic N) is 1. The number of hydrogen-bond acceptors (Lipinski definition) is 9. The average molecular weight is 596 g/mol. The van der Waals surface area contributed by atoms with Crippen LogP contribution in [0.4, 0.5) is 0 Å². The van der Waals surface area contributed by atoms with E-state index in [2.05, 4.69) is 4.98 Å². The minimum absolute atomic E-state index is 0.0169. The molecule has 2 bridgehead atoms. The van der Waals surface area contributed by atoms with Crippen LogP contribution in [0, 0.1) is 24.7 Å². The lowest BCUT2D eigenvalue weighted by Gasteiger charge is -2.31. The SMILES string of the molecule is CC(/C=C/C=C(\C)C(O)[C@@H](C)[C@@H]1C[C@H](O)[C@@]2(C)O[C@@H]2/C=C/[C@@H](C)[C@H]2C[C@@H](C/C=C/C(=O)O1)CC(=O)O2)=C\c1coc(C)n1. The van der Waals surface area contributed by atoms with Crippen LogP contribution >= 0.6 is 0 Å². The lowest BCUT2D eigenvalue weighted by molar-refractivity contribution is -0.158. The molecule has 9 heteroatoms. The molecule has 9 atom stereocenters. The van der Waals surface area contributed by atoms with E-state index in [-0.39, 0.29) is 36.4 Å². The fraction of sp³-hybridized carbons (Fsp3) is 0.559. The second kappa shape index (κ2) is 14.0. The largest absolute Gasteiger partial charge is 0.462 e. The van der Waals surface area contributed by atoms with E-state index in [4.69, 9.17) is 18.6 Å². The molecule has 2 saturated heterocycles. The summed E-state index contributed by atoms with van der Waals surface area (Å²) in [6.45, 7) is 11.2. The Bertz CT molecular complexity index is 1300. The number of aliphatic hydroxyl groups excluding tert-OH is 2. The highest BCUT2D eigenvalue weighted by atomic mass is 16.6. The van der Waals surface area contributed by atoms with Gasteiger partial charge in [-0.25, -0.2) is 9.78 Å². The molecule has 0 aromatic carbocycles. The highest BCUT2D eigenvalue weighted by molar-refractivity contribution is 5.82. The molecule has 2 fully saturated rings. The van der Waals surface area contributed by atoms with Gasteiger partial charge in [0, 0.05) is 37.7 Å². The molecule has 234 valence electrons. The van der Waals surface area contributed by atoms with Gasteiger partial charge in [-0.2, -0.15) is 0 Å². The molecule has 9 nitrogen and oxygen atoms in total. The fourth-order valence-electron chi connectivity index (χ4n) is 5.72. The molecule has 3 aliphatic rings. The molecule has 4 heterocycles. The van der Waals surface area contributed by atoms with Crippen LogP contribution in [0.3, 0.4) is 0 Å². The normalized spacial score (nSPS) is 35.4. The number of cyclic esters (lactones) is 1. The van der Waals surface area contributed by atoms with Crippen molar-refractivity contribution in [2.75, 3.05) is 0 Å². The Morgan fingerprint density at radius 2 is 1.95 bits per heavy atom. The second-order valence-corrected chi connectivity index (χ2v) is 12.4. The number of aliphatic hydroxyl groups is 2. The van der Waals surface area contributed by atoms with E-state index >= 15 is 0 Å². The van der Waals surface area contributed by atoms with E-state index in [0.717, 1.165) is 11.3 Å². The van der Waals surface area contributed by atoms with Crippen molar-refractivity contribution in [2.24, 2.45) is 17.8 Å². The third-order valence-electron chi connectivity index (χ3n) is 8.76. The number of rotatable bonds is 6. The Kier molecular flexibility index (Phi) is 10.6. The molecule has 1 aromatic heterocycles. The maximum atomic E-state index is 12.9. The number of allylic oxidation sites excluding steroid dienone is 5. The summed E-state index contributed by atoms with van der Waals surface area (Å²) in [6, 6.07) is 0. The molecular formula is C34H45NO8. The Balaban J connectivity index is 1.49. The van der Waals surface area contributed by atoms with Crippen molar-refractivity contribution in [3.05, 3.63) is 71.5 Å². The molecule has 0 saturated carbocycles. The van der Waals surface area contributed by atoms with Crippen LogP contribution < -0.4 is 0 Å². The number of epoxide rings is 1. The summed E-state index contributed by atoms with van der Waals surface area (Å²) in [7, 11) is 0. The molecule has 43 heavy (non-hydrogen) atoms. The van der Waals surface area contributed by atoms with Gasteiger partial charge in [-0.1, -0.05) is 50.3 Å². The van der Waals surface area contributed by atoms with Crippen molar-refractivity contribution >= 4 is 18.0 Å². The standard InChI is InChI=1S/C34H45NO8/c1-20(15-26-19-40-24(5)35-26)9-7-10-22(3)33(39)23(4)28-18-29(36)34(6)30(43-34)14-13-21(2)27-16-25(17-32(38)41-27)11-8-12-31(37)42-28/h7-10,12-15,19,21,23,25,27-30,33,36,39H,11,16-18H2,1-6H3/b9-7+,12-8+,14-13+,20-15+,22-10+/t21-,23+,25-,27-,28+,29+,30-,33?,34-/m1/s1. The van der Waals surface area contributed by atoms with Crippen molar-refractivity contribution in [3.8, 4) is 0 Å². The third kappa shape index (κ3) is 8.65. The van der Waals surface area contributed by atoms with Crippen molar-refractivity contribution < 1.29 is 38.4 Å². The fourth-order valence-corrected chi connectivity index (χ4v) is 5.72. The number of carbonyl (C=O) groups excluding carboxylic acids is 2. The van der Waals surface area contributed by atoms with Gasteiger partial charge in [0.15, 0.2) is 5.89 Å². The predicted octanol–water partition coefficient (Wildman–Crippen LogP) is 5.18. The topological polar surface area (TPSA) is 132 Å². The van der Waals surface area contributed by atoms with E-state index < -0.39 is 35.8 Å². The molecule has 0 radical (unpaired) electrons. The van der Waals surface area contributed by atoms with Crippen LogP contribution in [-0.2, 0) is 23.8 Å². The summed E-state index contributed by atoms with van der Waals surface area (Å²) in [6.07, 6.45) is 14.5. The summed E-state index contributed by atoms with van der Waals surface area (Å²) < 4.78 is 22.6. The van der Waals surface area contributed by atoms with Crippen LogP contribution in [0.5, 0.6) is 0 Å². The van der Waals surface area contributed by atoms with Crippen LogP contribution in [0.25, 0.3) is 6.08 Å². The van der Waals surface area contributed by atoms with Crippen LogP contribution in [0.1, 0.15) is 71.9 Å². The molecule has 0 amide bonds. The highest BCUT2D eigenvalue weighted by Crippen LogP contribution is 2.43. The van der Waals surface area contributed by atoms with Crippen molar-refractivity contribution in [1.82, 2.24) is 4.98 Å². The van der Waals surface area contributed by atoms with Crippen LogP contribution in [-0.4, -0.2) is 63.3 Å². The monoisotopic (exact) mass is 595 g/mol. The molecule has 0 spiro atoms. The minimum atomic E-state index is -0.948. The summed E-state index contributed by atoms with van der Waals surface area (Å²) in [4.78, 5) is 29.4. The maximum Gasteiger partial charge on any atom is 0.330 e. The first-order valence-corrected chi connectivity index (χ1v) is 15.1. The van der Waals surface area contributed by atoms with E-state index in [0.29, 0.717) is 30.7 Å².